The molecule has 2 aromatic heterocycles. The number of alkyl halides is 3. The minimum absolute atomic E-state index is 0.134. The summed E-state index contributed by atoms with van der Waals surface area (Å²) in [4.78, 5) is 9.03. The quantitative estimate of drug-likeness (QED) is 0.388. The molecule has 0 fully saturated rings. The number of benzene rings is 1. The molecular weight excluding hydrogens is 503 g/mol. The third kappa shape index (κ3) is 7.26. The second-order valence-electron chi connectivity index (χ2n) is 7.65. The van der Waals surface area contributed by atoms with E-state index in [1.807, 2.05) is 29.5 Å². The van der Waals surface area contributed by atoms with Gasteiger partial charge in [0.25, 0.3) is 0 Å². The van der Waals surface area contributed by atoms with Gasteiger partial charge in [0, 0.05) is 29.1 Å². The molecule has 11 heteroatoms. The van der Waals surface area contributed by atoms with Gasteiger partial charge in [0.2, 0.25) is 0 Å². The Labute approximate surface area is 205 Å². The number of allylic oxidation sites excluding steroid dienone is 2. The molecule has 3 aromatic rings. The molecule has 0 unspecified atom stereocenters. The zero-order valence-corrected chi connectivity index (χ0v) is 21.0. The van der Waals surface area contributed by atoms with Crippen molar-refractivity contribution in [3.8, 4) is 10.4 Å². The highest BCUT2D eigenvalue weighted by Gasteiger charge is 2.32. The predicted octanol–water partition coefficient (Wildman–Crippen LogP) is 5.21. The Morgan fingerprint density at radius 2 is 1.94 bits per heavy atom. The first-order chi connectivity index (χ1) is 15.9. The summed E-state index contributed by atoms with van der Waals surface area (Å²) in [5.41, 5.74) is 4.84. The SMILES string of the molecule is CN(CCN=C(/C=C(\N)C(F)(F)F)c1ccc(-c2cccc(S(C)(=O)=O)c2)s1)Cc1cccs1. The Kier molecular flexibility index (Phi) is 8.34. The number of likely N-dealkylation sites (N-methyl/N-ethyl adjacent to an activating group) is 1. The number of nitrogens with two attached hydrogens (primary N) is 1. The van der Waals surface area contributed by atoms with E-state index in [9.17, 15) is 21.6 Å². The molecule has 0 aliphatic heterocycles. The van der Waals surface area contributed by atoms with Crippen molar-refractivity contribution in [1.82, 2.24) is 4.90 Å². The highest BCUT2D eigenvalue weighted by Crippen LogP contribution is 2.31. The molecule has 2 N–H and O–H groups in total. The number of rotatable bonds is 9. The molecule has 182 valence electrons. The van der Waals surface area contributed by atoms with Crippen molar-refractivity contribution >= 4 is 38.2 Å². The Morgan fingerprint density at radius 1 is 1.18 bits per heavy atom. The fourth-order valence-electron chi connectivity index (χ4n) is 3.02. The van der Waals surface area contributed by atoms with Crippen LogP contribution in [0.2, 0.25) is 0 Å². The lowest BCUT2D eigenvalue weighted by Gasteiger charge is -2.14. The van der Waals surface area contributed by atoms with E-state index in [4.69, 9.17) is 5.73 Å². The maximum atomic E-state index is 13.1. The van der Waals surface area contributed by atoms with Crippen LogP contribution in [0.3, 0.4) is 0 Å². The number of hydrogen-bond donors (Lipinski definition) is 1. The molecule has 0 atom stereocenters. The van der Waals surface area contributed by atoms with Crippen LogP contribution in [0, 0.1) is 0 Å². The molecule has 2 heterocycles. The van der Waals surface area contributed by atoms with E-state index in [1.54, 1.807) is 41.7 Å². The number of thiophene rings is 2. The first-order valence-electron chi connectivity index (χ1n) is 10.1. The standard InChI is InChI=1S/C23H24F3N3O2S3/c1-29(15-17-6-4-12-32-17)11-10-28-19(14-22(27)23(24,25)26)21-9-8-20(33-21)16-5-3-7-18(13-16)34(2,30)31/h3-9,12-14H,10-11,15,27H2,1-2H3/b22-14-,28-19?. The minimum Gasteiger partial charge on any atom is -0.395 e. The van der Waals surface area contributed by atoms with Gasteiger partial charge in [-0.25, -0.2) is 8.42 Å². The average Bonchev–Trinajstić information content (AvgIpc) is 3.44. The van der Waals surface area contributed by atoms with E-state index in [0.29, 0.717) is 21.9 Å². The summed E-state index contributed by atoms with van der Waals surface area (Å²) in [5.74, 6) is 0. The monoisotopic (exact) mass is 527 g/mol. The Hall–Kier alpha value is -2.47. The van der Waals surface area contributed by atoms with Gasteiger partial charge in [0.15, 0.2) is 9.84 Å². The highest BCUT2D eigenvalue weighted by atomic mass is 32.2. The number of sulfone groups is 1. The molecule has 3 rings (SSSR count). The summed E-state index contributed by atoms with van der Waals surface area (Å²) in [6.45, 7) is 1.56. The molecular formula is C23H24F3N3O2S3. The van der Waals surface area contributed by atoms with Crippen LogP contribution in [-0.4, -0.2) is 51.6 Å². The summed E-state index contributed by atoms with van der Waals surface area (Å²) >= 11 is 2.86. The van der Waals surface area contributed by atoms with E-state index in [-0.39, 0.29) is 17.2 Å². The van der Waals surface area contributed by atoms with Gasteiger partial charge in [0.05, 0.1) is 22.0 Å². The molecule has 0 amide bonds. The van der Waals surface area contributed by atoms with Crippen LogP contribution in [0.15, 0.2) is 75.6 Å². The lowest BCUT2D eigenvalue weighted by atomic mass is 10.2. The summed E-state index contributed by atoms with van der Waals surface area (Å²) in [5, 5.41) is 1.99. The van der Waals surface area contributed by atoms with Crippen molar-refractivity contribution in [3.05, 3.63) is 75.4 Å². The van der Waals surface area contributed by atoms with Crippen LogP contribution in [0.4, 0.5) is 13.2 Å². The maximum Gasteiger partial charge on any atom is 0.430 e. The maximum absolute atomic E-state index is 13.1. The van der Waals surface area contributed by atoms with Crippen molar-refractivity contribution in [3.63, 3.8) is 0 Å². The first-order valence-corrected chi connectivity index (χ1v) is 13.7. The third-order valence-electron chi connectivity index (χ3n) is 4.79. The summed E-state index contributed by atoms with van der Waals surface area (Å²) in [7, 11) is -1.46. The molecule has 0 saturated heterocycles. The van der Waals surface area contributed by atoms with Gasteiger partial charge >= 0.3 is 6.18 Å². The Morgan fingerprint density at radius 3 is 2.59 bits per heavy atom. The Balaban J connectivity index is 1.85. The lowest BCUT2D eigenvalue weighted by Crippen LogP contribution is -2.22. The van der Waals surface area contributed by atoms with Crippen LogP contribution in [0.25, 0.3) is 10.4 Å². The van der Waals surface area contributed by atoms with Crippen molar-refractivity contribution in [2.75, 3.05) is 26.4 Å². The molecule has 5 nitrogen and oxygen atoms in total. The number of halogens is 3. The van der Waals surface area contributed by atoms with Crippen LogP contribution in [-0.2, 0) is 16.4 Å². The van der Waals surface area contributed by atoms with Crippen molar-refractivity contribution in [2.24, 2.45) is 10.7 Å². The smallest absolute Gasteiger partial charge is 0.395 e. The van der Waals surface area contributed by atoms with Gasteiger partial charge in [-0.2, -0.15) is 13.2 Å². The van der Waals surface area contributed by atoms with Crippen molar-refractivity contribution < 1.29 is 21.6 Å². The molecule has 0 saturated carbocycles. The van der Waals surface area contributed by atoms with Gasteiger partial charge in [-0.15, -0.1) is 22.7 Å². The van der Waals surface area contributed by atoms with E-state index in [2.05, 4.69) is 4.99 Å². The fourth-order valence-corrected chi connectivity index (χ4v) is 5.46. The Bertz CT molecular complexity index is 1280. The molecule has 0 radical (unpaired) electrons. The summed E-state index contributed by atoms with van der Waals surface area (Å²) < 4.78 is 63.1. The number of nitrogens with zero attached hydrogens (tertiary/aromatic N) is 2. The second-order valence-corrected chi connectivity index (χ2v) is 11.8. The normalized spacial score (nSPS) is 13.6. The lowest BCUT2D eigenvalue weighted by molar-refractivity contribution is -0.0925. The highest BCUT2D eigenvalue weighted by molar-refractivity contribution is 7.90. The van der Waals surface area contributed by atoms with E-state index in [0.717, 1.165) is 18.9 Å². The van der Waals surface area contributed by atoms with Gasteiger partial charge in [-0.1, -0.05) is 18.2 Å². The molecule has 34 heavy (non-hydrogen) atoms. The van der Waals surface area contributed by atoms with E-state index < -0.39 is 21.7 Å². The molecule has 1 aromatic carbocycles. The van der Waals surface area contributed by atoms with Crippen LogP contribution < -0.4 is 5.73 Å². The molecule has 0 aliphatic rings. The predicted molar refractivity (Wildman–Crippen MR) is 133 cm³/mol. The summed E-state index contributed by atoms with van der Waals surface area (Å²) in [6.07, 6.45) is -2.70. The first kappa shape index (κ1) is 26.1. The van der Waals surface area contributed by atoms with Gasteiger partial charge in [-0.3, -0.25) is 9.89 Å². The summed E-state index contributed by atoms with van der Waals surface area (Å²) in [6, 6.07) is 13.8. The van der Waals surface area contributed by atoms with Gasteiger partial charge in [-0.05, 0) is 54.4 Å². The van der Waals surface area contributed by atoms with Crippen LogP contribution >= 0.6 is 22.7 Å². The minimum atomic E-state index is -4.67. The molecule has 0 spiro atoms. The number of hydrogen-bond acceptors (Lipinski definition) is 7. The number of aliphatic imine (C=N–C) groups is 1. The van der Waals surface area contributed by atoms with Gasteiger partial charge < -0.3 is 5.73 Å². The molecule has 0 bridgehead atoms. The zero-order chi connectivity index (χ0) is 24.9. The van der Waals surface area contributed by atoms with Gasteiger partial charge in [0.1, 0.15) is 5.70 Å². The molecule has 0 aliphatic carbocycles. The van der Waals surface area contributed by atoms with E-state index in [1.165, 1.54) is 22.3 Å². The van der Waals surface area contributed by atoms with Crippen LogP contribution in [0.5, 0.6) is 0 Å². The average molecular weight is 528 g/mol. The van der Waals surface area contributed by atoms with Crippen LogP contribution in [0.1, 0.15) is 9.75 Å². The zero-order valence-electron chi connectivity index (χ0n) is 18.5. The fraction of sp³-hybridized carbons (Fsp3) is 0.261. The van der Waals surface area contributed by atoms with Crippen molar-refractivity contribution in [1.29, 1.82) is 0 Å². The topological polar surface area (TPSA) is 75.8 Å². The second kappa shape index (κ2) is 10.9. The third-order valence-corrected chi connectivity index (χ3v) is 7.92. The largest absolute Gasteiger partial charge is 0.430 e. The van der Waals surface area contributed by atoms with Crippen molar-refractivity contribution in [2.45, 2.75) is 17.6 Å². The van der Waals surface area contributed by atoms with E-state index >= 15 is 0 Å².